The largest absolute Gasteiger partial charge is 0.495 e. The predicted molar refractivity (Wildman–Crippen MR) is 128 cm³/mol. The maximum Gasteiger partial charge on any atom is 0.250 e. The highest BCUT2D eigenvalue weighted by Crippen LogP contribution is 2.34. The fraction of sp³-hybridized carbons (Fsp3) is 0.333. The molecule has 1 amide bonds. The zero-order chi connectivity index (χ0) is 23.5. The molecule has 5 nitrogen and oxygen atoms in total. The third-order valence-corrected chi connectivity index (χ3v) is 6.09. The molecule has 0 saturated carbocycles. The van der Waals surface area contributed by atoms with Gasteiger partial charge in [0.05, 0.1) is 30.9 Å². The van der Waals surface area contributed by atoms with Gasteiger partial charge in [-0.05, 0) is 67.2 Å². The molecule has 0 aliphatic carbocycles. The molecule has 3 aromatic rings. The van der Waals surface area contributed by atoms with E-state index in [4.69, 9.17) is 4.74 Å². The molecule has 0 radical (unpaired) electrons. The minimum Gasteiger partial charge on any atom is -0.495 e. The van der Waals surface area contributed by atoms with Crippen LogP contribution in [-0.2, 0) is 4.79 Å². The van der Waals surface area contributed by atoms with Crippen molar-refractivity contribution in [3.63, 3.8) is 0 Å². The van der Waals surface area contributed by atoms with Gasteiger partial charge in [-0.1, -0.05) is 32.0 Å². The third-order valence-electron chi connectivity index (χ3n) is 6.09. The summed E-state index contributed by atoms with van der Waals surface area (Å²) in [6.07, 6.45) is 7.29. The van der Waals surface area contributed by atoms with Crippen LogP contribution in [0.25, 0.3) is 11.8 Å². The molecule has 1 aliphatic heterocycles. The average Bonchev–Trinajstić information content (AvgIpc) is 3.23. The van der Waals surface area contributed by atoms with Crippen LogP contribution in [-0.4, -0.2) is 34.0 Å². The molecule has 0 N–H and O–H groups in total. The molecule has 6 heteroatoms. The maximum atomic E-state index is 13.5. The normalized spacial score (nSPS) is 16.5. The van der Waals surface area contributed by atoms with E-state index in [9.17, 15) is 9.18 Å². The molecule has 1 saturated heterocycles. The molecule has 33 heavy (non-hydrogen) atoms. The van der Waals surface area contributed by atoms with Crippen molar-refractivity contribution in [2.75, 3.05) is 13.7 Å². The lowest BCUT2D eigenvalue weighted by Gasteiger charge is -2.38. The van der Waals surface area contributed by atoms with Crippen molar-refractivity contribution >= 4 is 12.0 Å². The molecule has 172 valence electrons. The maximum absolute atomic E-state index is 13.5. The molecule has 0 spiro atoms. The topological polar surface area (TPSA) is 47.4 Å². The predicted octanol–water partition coefficient (Wildman–Crippen LogP) is 5.73. The summed E-state index contributed by atoms with van der Waals surface area (Å²) in [5.41, 5.74) is 4.48. The number of hydrogen-bond donors (Lipinski definition) is 0. The van der Waals surface area contributed by atoms with Crippen LogP contribution in [0.2, 0.25) is 0 Å². The summed E-state index contributed by atoms with van der Waals surface area (Å²) in [6.45, 7) is 6.83. The molecule has 0 unspecified atom stereocenters. The Bertz CT molecular complexity index is 1160. The van der Waals surface area contributed by atoms with Crippen LogP contribution < -0.4 is 4.74 Å². The molecular formula is C27H30FN3O2. The molecule has 1 fully saturated rings. The van der Waals surface area contributed by atoms with Crippen molar-refractivity contribution < 1.29 is 13.9 Å². The second-order valence-corrected chi connectivity index (χ2v) is 8.87. The van der Waals surface area contributed by atoms with Gasteiger partial charge in [0.15, 0.2) is 0 Å². The first-order valence-electron chi connectivity index (χ1n) is 11.3. The molecule has 1 atom stereocenters. The highest BCUT2D eigenvalue weighted by molar-refractivity contribution is 5.98. The lowest BCUT2D eigenvalue weighted by Crippen LogP contribution is -2.41. The second-order valence-electron chi connectivity index (χ2n) is 8.87. The first-order valence-corrected chi connectivity index (χ1v) is 11.3. The number of amides is 1. The van der Waals surface area contributed by atoms with E-state index in [1.165, 1.54) is 12.1 Å². The summed E-state index contributed by atoms with van der Waals surface area (Å²) in [4.78, 5) is 19.7. The van der Waals surface area contributed by atoms with Crippen molar-refractivity contribution in [1.29, 1.82) is 0 Å². The molecular weight excluding hydrogens is 417 g/mol. The first kappa shape index (κ1) is 22.8. The van der Waals surface area contributed by atoms with E-state index in [0.29, 0.717) is 12.3 Å². The van der Waals surface area contributed by atoms with E-state index in [1.807, 2.05) is 46.9 Å². The Morgan fingerprint density at radius 1 is 1.15 bits per heavy atom. The van der Waals surface area contributed by atoms with Crippen LogP contribution in [0.15, 0.2) is 60.6 Å². The van der Waals surface area contributed by atoms with Crippen LogP contribution in [0.4, 0.5) is 4.39 Å². The van der Waals surface area contributed by atoms with Crippen molar-refractivity contribution in [2.24, 2.45) is 5.92 Å². The van der Waals surface area contributed by atoms with Crippen LogP contribution in [0.1, 0.15) is 49.6 Å². The summed E-state index contributed by atoms with van der Waals surface area (Å²) < 4.78 is 21.0. The number of halogens is 1. The average molecular weight is 448 g/mol. The van der Waals surface area contributed by atoms with Crippen molar-refractivity contribution in [2.45, 2.75) is 39.7 Å². The number of piperidine rings is 1. The lowest BCUT2D eigenvalue weighted by molar-refractivity contribution is -0.132. The van der Waals surface area contributed by atoms with E-state index in [-0.39, 0.29) is 23.7 Å². The Labute approximate surface area is 194 Å². The van der Waals surface area contributed by atoms with Crippen molar-refractivity contribution in [3.8, 4) is 11.4 Å². The van der Waals surface area contributed by atoms with Crippen molar-refractivity contribution in [3.05, 3.63) is 83.2 Å². The van der Waals surface area contributed by atoms with Gasteiger partial charge in [-0.3, -0.25) is 4.79 Å². The number of ether oxygens (including phenoxy) is 1. The Morgan fingerprint density at radius 2 is 1.91 bits per heavy atom. The summed E-state index contributed by atoms with van der Waals surface area (Å²) in [7, 11) is 1.64. The van der Waals surface area contributed by atoms with Gasteiger partial charge in [-0.15, -0.1) is 0 Å². The van der Waals surface area contributed by atoms with Crippen molar-refractivity contribution in [1.82, 2.24) is 14.5 Å². The van der Waals surface area contributed by atoms with E-state index < -0.39 is 0 Å². The van der Waals surface area contributed by atoms with E-state index in [1.54, 1.807) is 25.6 Å². The Kier molecular flexibility index (Phi) is 6.63. The summed E-state index contributed by atoms with van der Waals surface area (Å²) >= 11 is 0. The number of imidazole rings is 1. The third kappa shape index (κ3) is 4.85. The number of nitrogens with zero attached hydrogens (tertiary/aromatic N) is 3. The van der Waals surface area contributed by atoms with E-state index in [0.717, 1.165) is 40.9 Å². The number of likely N-dealkylation sites (tertiary alicyclic amines) is 1. The Balaban J connectivity index is 1.63. The highest BCUT2D eigenvalue weighted by Gasteiger charge is 2.32. The van der Waals surface area contributed by atoms with Crippen LogP contribution in [0.3, 0.4) is 0 Å². The minimum atomic E-state index is -0.268. The minimum absolute atomic E-state index is 0.0394. The Morgan fingerprint density at radius 3 is 2.55 bits per heavy atom. The number of carbonyl (C=O) groups excluding carboxylic acids is 1. The van der Waals surface area contributed by atoms with Gasteiger partial charge in [0.25, 0.3) is 0 Å². The molecule has 1 aromatic heterocycles. The standard InChI is InChI=1S/C27H30FN3O2/c1-18(2)26(21-8-10-23(28)11-9-21)31-13-5-6-22(27(31)32)14-20-7-12-24(25(15-20)33-4)30-16-19(3)29-17-30/h7-12,14-18,26H,5-6,13H2,1-4H3/b22-14+/t26-/m1/s1. The van der Waals surface area contributed by atoms with Crippen LogP contribution >= 0.6 is 0 Å². The van der Waals surface area contributed by atoms with Crippen LogP contribution in [0, 0.1) is 18.7 Å². The number of rotatable bonds is 6. The SMILES string of the molecule is COc1cc(/C=C2\CCCN([C@@H](c3ccc(F)cc3)C(C)C)C2=O)ccc1-n1cnc(C)c1. The fourth-order valence-electron chi connectivity index (χ4n) is 4.57. The Hall–Kier alpha value is -3.41. The van der Waals surface area contributed by atoms with Crippen LogP contribution in [0.5, 0.6) is 5.75 Å². The molecule has 1 aliphatic rings. The number of aryl methyl sites for hydroxylation is 1. The fourth-order valence-corrected chi connectivity index (χ4v) is 4.57. The number of aromatic nitrogens is 2. The van der Waals surface area contributed by atoms with Gasteiger partial charge < -0.3 is 14.2 Å². The first-order chi connectivity index (χ1) is 15.9. The number of methoxy groups -OCH3 is 1. The quantitative estimate of drug-likeness (QED) is 0.453. The number of hydrogen-bond acceptors (Lipinski definition) is 3. The number of carbonyl (C=O) groups is 1. The van der Waals surface area contributed by atoms with Gasteiger partial charge >= 0.3 is 0 Å². The summed E-state index contributed by atoms with van der Waals surface area (Å²) in [5.74, 6) is 0.692. The highest BCUT2D eigenvalue weighted by atomic mass is 19.1. The van der Waals surface area contributed by atoms with Gasteiger partial charge in [0.2, 0.25) is 5.91 Å². The molecule has 2 heterocycles. The van der Waals surface area contributed by atoms with E-state index >= 15 is 0 Å². The van der Waals surface area contributed by atoms with Gasteiger partial charge in [-0.2, -0.15) is 0 Å². The van der Waals surface area contributed by atoms with Gasteiger partial charge in [0, 0.05) is 18.3 Å². The smallest absolute Gasteiger partial charge is 0.250 e. The second kappa shape index (κ2) is 9.61. The summed E-state index contributed by atoms with van der Waals surface area (Å²) in [5, 5.41) is 0. The van der Waals surface area contributed by atoms with Gasteiger partial charge in [-0.25, -0.2) is 9.37 Å². The zero-order valence-electron chi connectivity index (χ0n) is 19.6. The molecule has 2 aromatic carbocycles. The lowest BCUT2D eigenvalue weighted by atomic mass is 9.90. The van der Waals surface area contributed by atoms with E-state index in [2.05, 4.69) is 18.8 Å². The molecule has 0 bridgehead atoms. The zero-order valence-corrected chi connectivity index (χ0v) is 19.6. The molecule has 4 rings (SSSR count). The van der Waals surface area contributed by atoms with Gasteiger partial charge in [0.1, 0.15) is 11.6 Å². The monoisotopic (exact) mass is 447 g/mol. The summed E-state index contributed by atoms with van der Waals surface area (Å²) in [6, 6.07) is 12.3. The number of benzene rings is 2.